The quantitative estimate of drug-likeness (QED) is 0.549. The van der Waals surface area contributed by atoms with Gasteiger partial charge in [0.2, 0.25) is 0 Å². The zero-order valence-corrected chi connectivity index (χ0v) is 5.69. The van der Waals surface area contributed by atoms with Gasteiger partial charge in [-0.05, 0) is 6.42 Å². The van der Waals surface area contributed by atoms with Gasteiger partial charge in [0.05, 0.1) is 6.61 Å². The van der Waals surface area contributed by atoms with Crippen LogP contribution in [0.1, 0.15) is 6.42 Å². The summed E-state index contributed by atoms with van der Waals surface area (Å²) in [5, 5.41) is 0. The monoisotopic (exact) mass is 138 g/mol. The molecule has 0 bridgehead atoms. The van der Waals surface area contributed by atoms with Crippen LogP contribution < -0.4 is 0 Å². The van der Waals surface area contributed by atoms with Crippen molar-refractivity contribution in [1.82, 2.24) is 0 Å². The highest BCUT2D eigenvalue weighted by Gasteiger charge is 2.03. The Bertz CT molecular complexity index is 159. The first-order chi connectivity index (χ1) is 4.93. The van der Waals surface area contributed by atoms with Gasteiger partial charge in [-0.3, -0.25) is 4.79 Å². The molecule has 0 fully saturated rings. The molecule has 0 N–H and O–H groups in total. The molecule has 0 radical (unpaired) electrons. The Labute approximate surface area is 60.2 Å². The Morgan fingerprint density at radius 3 is 3.10 bits per heavy atom. The molecule has 0 aromatic heterocycles. The molecule has 1 unspecified atom stereocenters. The minimum absolute atomic E-state index is 0.384. The van der Waals surface area contributed by atoms with Crippen LogP contribution in [0.15, 0.2) is 24.3 Å². The van der Waals surface area contributed by atoms with Gasteiger partial charge in [0, 0.05) is 5.92 Å². The molecule has 0 spiro atoms. The van der Waals surface area contributed by atoms with Crippen molar-refractivity contribution < 1.29 is 9.53 Å². The number of hydrogen-bond acceptors (Lipinski definition) is 2. The molecule has 1 atom stereocenters. The molecule has 2 nitrogen and oxygen atoms in total. The molecule has 0 amide bonds. The second-order valence-corrected chi connectivity index (χ2v) is 2.24. The zero-order chi connectivity index (χ0) is 7.23. The van der Waals surface area contributed by atoms with Crippen molar-refractivity contribution in [2.75, 3.05) is 6.61 Å². The Morgan fingerprint density at radius 1 is 1.60 bits per heavy atom. The van der Waals surface area contributed by atoms with E-state index in [-0.39, 0.29) is 0 Å². The summed E-state index contributed by atoms with van der Waals surface area (Å²) in [4.78, 5) is 9.78. The van der Waals surface area contributed by atoms with Gasteiger partial charge in [-0.25, -0.2) is 0 Å². The molecule has 54 valence electrons. The van der Waals surface area contributed by atoms with Crippen molar-refractivity contribution in [3.05, 3.63) is 24.3 Å². The maximum absolute atomic E-state index is 9.78. The summed E-state index contributed by atoms with van der Waals surface area (Å²) >= 11 is 0. The Kier molecular flexibility index (Phi) is 2.74. The zero-order valence-electron chi connectivity index (χ0n) is 5.69. The average Bonchev–Trinajstić information content (AvgIpc) is 2.03. The minimum atomic E-state index is 0.384. The van der Waals surface area contributed by atoms with E-state index >= 15 is 0 Å². The Morgan fingerprint density at radius 2 is 2.50 bits per heavy atom. The van der Waals surface area contributed by atoms with Gasteiger partial charge in [-0.15, -0.1) is 0 Å². The largest absolute Gasteiger partial charge is 0.467 e. The van der Waals surface area contributed by atoms with Crippen molar-refractivity contribution in [2.45, 2.75) is 6.42 Å². The Hall–Kier alpha value is -1.05. The molecule has 0 aromatic rings. The van der Waals surface area contributed by atoms with E-state index in [0.717, 1.165) is 6.42 Å². The molecule has 0 heterocycles. The molecule has 1 aliphatic rings. The lowest BCUT2D eigenvalue weighted by atomic mass is 10.0. The SMILES string of the molecule is O=COCC1C=CC=CC1. The van der Waals surface area contributed by atoms with Crippen LogP contribution in [0.4, 0.5) is 0 Å². The summed E-state index contributed by atoms with van der Waals surface area (Å²) in [7, 11) is 0. The summed E-state index contributed by atoms with van der Waals surface area (Å²) in [6, 6.07) is 0. The van der Waals surface area contributed by atoms with Crippen molar-refractivity contribution in [2.24, 2.45) is 5.92 Å². The van der Waals surface area contributed by atoms with Gasteiger partial charge >= 0.3 is 0 Å². The van der Waals surface area contributed by atoms with E-state index in [1.807, 2.05) is 18.2 Å². The second-order valence-electron chi connectivity index (χ2n) is 2.24. The van der Waals surface area contributed by atoms with E-state index in [4.69, 9.17) is 0 Å². The highest BCUT2D eigenvalue weighted by atomic mass is 16.5. The summed E-state index contributed by atoms with van der Waals surface area (Å²) in [5.74, 6) is 0.384. The van der Waals surface area contributed by atoms with Crippen molar-refractivity contribution in [1.29, 1.82) is 0 Å². The third-order valence-corrected chi connectivity index (χ3v) is 1.45. The van der Waals surface area contributed by atoms with Crippen molar-refractivity contribution in [3.8, 4) is 0 Å². The molecular formula is C8H10O2. The van der Waals surface area contributed by atoms with Gasteiger partial charge in [0.15, 0.2) is 0 Å². The topological polar surface area (TPSA) is 26.3 Å². The predicted molar refractivity (Wildman–Crippen MR) is 38.4 cm³/mol. The van der Waals surface area contributed by atoms with E-state index in [1.54, 1.807) is 0 Å². The van der Waals surface area contributed by atoms with Gasteiger partial charge in [0.25, 0.3) is 6.47 Å². The lowest BCUT2D eigenvalue weighted by Crippen LogP contribution is -2.06. The molecule has 0 aliphatic heterocycles. The smallest absolute Gasteiger partial charge is 0.293 e. The third-order valence-electron chi connectivity index (χ3n) is 1.45. The van der Waals surface area contributed by atoms with Crippen LogP contribution in [0.5, 0.6) is 0 Å². The van der Waals surface area contributed by atoms with Gasteiger partial charge in [-0.2, -0.15) is 0 Å². The Balaban J connectivity index is 2.23. The number of rotatable bonds is 3. The maximum atomic E-state index is 9.78. The number of carbonyl (C=O) groups is 1. The number of carbonyl (C=O) groups excluding carboxylic acids is 1. The number of hydrogen-bond donors (Lipinski definition) is 0. The van der Waals surface area contributed by atoms with E-state index in [2.05, 4.69) is 10.8 Å². The predicted octanol–water partition coefficient (Wildman–Crippen LogP) is 1.29. The second kappa shape index (κ2) is 3.88. The summed E-state index contributed by atoms with van der Waals surface area (Å²) in [6.07, 6.45) is 9.06. The van der Waals surface area contributed by atoms with Crippen molar-refractivity contribution in [3.63, 3.8) is 0 Å². The van der Waals surface area contributed by atoms with Gasteiger partial charge < -0.3 is 4.74 Å². The van der Waals surface area contributed by atoms with E-state index in [1.165, 1.54) is 0 Å². The van der Waals surface area contributed by atoms with Crippen LogP contribution in [0.25, 0.3) is 0 Å². The molecular weight excluding hydrogens is 128 g/mol. The lowest BCUT2D eigenvalue weighted by Gasteiger charge is -2.09. The molecule has 2 heteroatoms. The standard InChI is InChI=1S/C8H10O2/c9-7-10-6-8-4-2-1-3-5-8/h1-4,7-8H,5-6H2. The van der Waals surface area contributed by atoms with E-state index < -0.39 is 0 Å². The van der Waals surface area contributed by atoms with Gasteiger partial charge in [-0.1, -0.05) is 24.3 Å². The first kappa shape index (κ1) is 7.06. The molecule has 0 aromatic carbocycles. The van der Waals surface area contributed by atoms with Crippen LogP contribution in [0.3, 0.4) is 0 Å². The number of ether oxygens (including phenoxy) is 1. The van der Waals surface area contributed by atoms with Crippen LogP contribution >= 0.6 is 0 Å². The first-order valence-corrected chi connectivity index (χ1v) is 3.32. The highest BCUT2D eigenvalue weighted by Crippen LogP contribution is 2.10. The van der Waals surface area contributed by atoms with Gasteiger partial charge in [0.1, 0.15) is 0 Å². The third kappa shape index (κ3) is 2.05. The maximum Gasteiger partial charge on any atom is 0.293 e. The summed E-state index contributed by atoms with van der Waals surface area (Å²) in [6.45, 7) is 0.997. The average molecular weight is 138 g/mol. The fourth-order valence-electron chi connectivity index (χ4n) is 0.918. The van der Waals surface area contributed by atoms with Crippen molar-refractivity contribution >= 4 is 6.47 Å². The van der Waals surface area contributed by atoms with E-state index in [9.17, 15) is 4.79 Å². The molecule has 10 heavy (non-hydrogen) atoms. The highest BCUT2D eigenvalue weighted by molar-refractivity contribution is 5.37. The fourth-order valence-corrected chi connectivity index (χ4v) is 0.918. The summed E-state index contributed by atoms with van der Waals surface area (Å²) in [5.41, 5.74) is 0. The molecule has 1 aliphatic carbocycles. The van der Waals surface area contributed by atoms with E-state index in [0.29, 0.717) is 19.0 Å². The molecule has 0 saturated heterocycles. The van der Waals surface area contributed by atoms with Crippen LogP contribution in [0, 0.1) is 5.92 Å². The first-order valence-electron chi connectivity index (χ1n) is 3.32. The van der Waals surface area contributed by atoms with Crippen LogP contribution in [-0.4, -0.2) is 13.1 Å². The minimum Gasteiger partial charge on any atom is -0.467 e. The molecule has 0 saturated carbocycles. The number of allylic oxidation sites excluding steroid dienone is 3. The van der Waals surface area contributed by atoms with Crippen LogP contribution in [-0.2, 0) is 9.53 Å². The lowest BCUT2D eigenvalue weighted by molar-refractivity contribution is -0.129. The molecule has 1 rings (SSSR count). The fraction of sp³-hybridized carbons (Fsp3) is 0.375. The summed E-state index contributed by atoms with van der Waals surface area (Å²) < 4.78 is 4.61. The van der Waals surface area contributed by atoms with Crippen LogP contribution in [0.2, 0.25) is 0 Å². The normalized spacial score (nSPS) is 22.6.